The van der Waals surface area contributed by atoms with Crippen molar-refractivity contribution < 1.29 is 9.90 Å². The molecule has 0 radical (unpaired) electrons. The summed E-state index contributed by atoms with van der Waals surface area (Å²) in [6.07, 6.45) is 3.08. The molecule has 3 rings (SSSR count). The summed E-state index contributed by atoms with van der Waals surface area (Å²) in [6.45, 7) is 2.77. The highest BCUT2D eigenvalue weighted by molar-refractivity contribution is 5.75. The van der Waals surface area contributed by atoms with Gasteiger partial charge in [-0.1, -0.05) is 30.3 Å². The predicted octanol–water partition coefficient (Wildman–Crippen LogP) is 1.33. The van der Waals surface area contributed by atoms with E-state index in [0.717, 1.165) is 38.9 Å². The third-order valence-electron chi connectivity index (χ3n) is 4.55. The molecule has 3 N–H and O–H groups in total. The topological polar surface area (TPSA) is 64.6 Å². The third kappa shape index (κ3) is 4.21. The van der Waals surface area contributed by atoms with Crippen LogP contribution in [-0.4, -0.2) is 47.8 Å². The number of carbonyl (C=O) groups excluding carboxylic acids is 1. The van der Waals surface area contributed by atoms with Gasteiger partial charge in [0.25, 0.3) is 0 Å². The first-order valence-corrected chi connectivity index (χ1v) is 8.19. The molecule has 0 spiro atoms. The average molecular weight is 303 g/mol. The smallest absolute Gasteiger partial charge is 0.315 e. The van der Waals surface area contributed by atoms with E-state index in [-0.39, 0.29) is 24.6 Å². The zero-order valence-electron chi connectivity index (χ0n) is 12.9. The van der Waals surface area contributed by atoms with Gasteiger partial charge in [-0.05, 0) is 31.4 Å². The van der Waals surface area contributed by atoms with Gasteiger partial charge in [-0.3, -0.25) is 4.90 Å². The van der Waals surface area contributed by atoms with E-state index in [1.165, 1.54) is 5.56 Å². The fraction of sp³-hybridized carbons (Fsp3) is 0.588. The van der Waals surface area contributed by atoms with Gasteiger partial charge in [0.2, 0.25) is 0 Å². The number of nitrogens with zero attached hydrogens (tertiary/aromatic N) is 1. The van der Waals surface area contributed by atoms with Gasteiger partial charge in [0.15, 0.2) is 0 Å². The molecule has 120 valence electrons. The summed E-state index contributed by atoms with van der Waals surface area (Å²) in [7, 11) is 0. The number of aliphatic hydroxyl groups excluding tert-OH is 1. The first-order valence-electron chi connectivity index (χ1n) is 8.19. The molecule has 2 aliphatic rings. The molecule has 0 aromatic heterocycles. The van der Waals surface area contributed by atoms with E-state index < -0.39 is 0 Å². The second-order valence-electron chi connectivity index (χ2n) is 6.45. The summed E-state index contributed by atoms with van der Waals surface area (Å²) in [4.78, 5) is 14.3. The quantitative estimate of drug-likeness (QED) is 0.769. The van der Waals surface area contributed by atoms with Crippen molar-refractivity contribution >= 4 is 6.03 Å². The summed E-state index contributed by atoms with van der Waals surface area (Å²) in [5, 5.41) is 15.6. The molecule has 1 heterocycles. The largest absolute Gasteiger partial charge is 0.396 e. The number of hydrogen-bond acceptors (Lipinski definition) is 3. The normalized spacial score (nSPS) is 25.7. The van der Waals surface area contributed by atoms with Gasteiger partial charge in [0, 0.05) is 37.7 Å². The van der Waals surface area contributed by atoms with Gasteiger partial charge in [-0.2, -0.15) is 0 Å². The maximum atomic E-state index is 12.0. The maximum Gasteiger partial charge on any atom is 0.315 e. The van der Waals surface area contributed by atoms with Crippen molar-refractivity contribution in [1.29, 1.82) is 0 Å². The van der Waals surface area contributed by atoms with Crippen LogP contribution in [0.2, 0.25) is 0 Å². The van der Waals surface area contributed by atoms with Crippen LogP contribution in [0, 0.1) is 5.92 Å². The first-order chi connectivity index (χ1) is 10.7. The van der Waals surface area contributed by atoms with Gasteiger partial charge in [0.05, 0.1) is 0 Å². The Bertz CT molecular complexity index is 490. The molecule has 1 aliphatic carbocycles. The van der Waals surface area contributed by atoms with Crippen LogP contribution in [0.5, 0.6) is 0 Å². The number of aliphatic hydroxyl groups is 1. The predicted molar refractivity (Wildman–Crippen MR) is 85.4 cm³/mol. The van der Waals surface area contributed by atoms with Crippen LogP contribution in [0.3, 0.4) is 0 Å². The van der Waals surface area contributed by atoms with Crippen LogP contribution >= 0.6 is 0 Å². The molecular formula is C17H25N3O2. The number of piperidine rings is 1. The Morgan fingerprint density at radius 2 is 1.95 bits per heavy atom. The zero-order chi connectivity index (χ0) is 15.4. The van der Waals surface area contributed by atoms with Crippen molar-refractivity contribution in [3.05, 3.63) is 35.9 Å². The van der Waals surface area contributed by atoms with E-state index in [2.05, 4.69) is 39.8 Å². The van der Waals surface area contributed by atoms with Crippen LogP contribution in [0.15, 0.2) is 30.3 Å². The molecule has 5 nitrogen and oxygen atoms in total. The van der Waals surface area contributed by atoms with Crippen molar-refractivity contribution in [2.24, 2.45) is 5.92 Å². The SMILES string of the molecule is O=C(NC1CC1)N[C@@H]1CN(Cc2ccccc2)CC[C@@H]1CO. The molecule has 2 fully saturated rings. The fourth-order valence-corrected chi connectivity index (χ4v) is 3.06. The molecule has 1 aliphatic heterocycles. The Hall–Kier alpha value is -1.59. The lowest BCUT2D eigenvalue weighted by Gasteiger charge is -2.38. The molecular weight excluding hydrogens is 278 g/mol. The highest BCUT2D eigenvalue weighted by Gasteiger charge is 2.31. The van der Waals surface area contributed by atoms with E-state index in [1.807, 2.05) is 6.07 Å². The lowest BCUT2D eigenvalue weighted by molar-refractivity contribution is 0.0947. The minimum Gasteiger partial charge on any atom is -0.396 e. The van der Waals surface area contributed by atoms with Crippen molar-refractivity contribution in [1.82, 2.24) is 15.5 Å². The highest BCUT2D eigenvalue weighted by atomic mass is 16.3. The number of nitrogens with one attached hydrogen (secondary N) is 2. The molecule has 22 heavy (non-hydrogen) atoms. The summed E-state index contributed by atoms with van der Waals surface area (Å²) in [5.41, 5.74) is 1.28. The molecule has 2 atom stereocenters. The van der Waals surface area contributed by atoms with E-state index in [1.54, 1.807) is 0 Å². The fourth-order valence-electron chi connectivity index (χ4n) is 3.06. The summed E-state index contributed by atoms with van der Waals surface area (Å²) in [5.74, 6) is 0.150. The Morgan fingerprint density at radius 3 is 2.64 bits per heavy atom. The second-order valence-corrected chi connectivity index (χ2v) is 6.45. The van der Waals surface area contributed by atoms with Crippen molar-refractivity contribution in [2.45, 2.75) is 37.9 Å². The van der Waals surface area contributed by atoms with Crippen molar-refractivity contribution in [3.8, 4) is 0 Å². The van der Waals surface area contributed by atoms with E-state index in [0.29, 0.717) is 6.04 Å². The number of amides is 2. The number of hydrogen-bond donors (Lipinski definition) is 3. The Balaban J connectivity index is 1.55. The van der Waals surface area contributed by atoms with Gasteiger partial charge >= 0.3 is 6.03 Å². The van der Waals surface area contributed by atoms with Crippen LogP contribution in [0.1, 0.15) is 24.8 Å². The van der Waals surface area contributed by atoms with Gasteiger partial charge in [-0.25, -0.2) is 4.79 Å². The minimum atomic E-state index is -0.0903. The number of carbonyl (C=O) groups is 1. The number of likely N-dealkylation sites (tertiary alicyclic amines) is 1. The Kier molecular flexibility index (Phi) is 4.95. The summed E-state index contributed by atoms with van der Waals surface area (Å²) in [6, 6.07) is 10.7. The molecule has 1 saturated carbocycles. The van der Waals surface area contributed by atoms with Crippen LogP contribution in [-0.2, 0) is 6.54 Å². The first kappa shape index (κ1) is 15.3. The number of urea groups is 1. The molecule has 2 amide bonds. The summed E-state index contributed by atoms with van der Waals surface area (Å²) < 4.78 is 0. The van der Waals surface area contributed by atoms with Gasteiger partial charge in [0.1, 0.15) is 0 Å². The summed E-state index contributed by atoms with van der Waals surface area (Å²) >= 11 is 0. The van der Waals surface area contributed by atoms with E-state index in [4.69, 9.17) is 0 Å². The molecule has 1 aromatic rings. The van der Waals surface area contributed by atoms with Crippen LogP contribution in [0.25, 0.3) is 0 Å². The van der Waals surface area contributed by atoms with Crippen LogP contribution < -0.4 is 10.6 Å². The number of benzene rings is 1. The monoisotopic (exact) mass is 303 g/mol. The number of rotatable bonds is 5. The van der Waals surface area contributed by atoms with Crippen molar-refractivity contribution in [2.75, 3.05) is 19.7 Å². The van der Waals surface area contributed by atoms with Crippen molar-refractivity contribution in [3.63, 3.8) is 0 Å². The van der Waals surface area contributed by atoms with E-state index >= 15 is 0 Å². The third-order valence-corrected chi connectivity index (χ3v) is 4.55. The molecule has 1 aromatic carbocycles. The van der Waals surface area contributed by atoms with Crippen LogP contribution in [0.4, 0.5) is 4.79 Å². The standard InChI is InChI=1S/C17H25N3O2/c21-12-14-8-9-20(10-13-4-2-1-3-5-13)11-16(14)19-17(22)18-15-6-7-15/h1-5,14-16,21H,6-12H2,(H2,18,19,22)/t14-,16-/m1/s1. The zero-order valence-corrected chi connectivity index (χ0v) is 12.9. The molecule has 5 heteroatoms. The lowest BCUT2D eigenvalue weighted by atomic mass is 9.92. The second kappa shape index (κ2) is 7.11. The minimum absolute atomic E-state index is 0.0150. The van der Waals surface area contributed by atoms with Gasteiger partial charge < -0.3 is 15.7 Å². The lowest BCUT2D eigenvalue weighted by Crippen LogP contribution is -2.55. The molecule has 0 unspecified atom stereocenters. The molecule has 0 bridgehead atoms. The van der Waals surface area contributed by atoms with E-state index in [9.17, 15) is 9.90 Å². The Labute approximate surface area is 131 Å². The molecule has 1 saturated heterocycles. The van der Waals surface area contributed by atoms with Gasteiger partial charge in [-0.15, -0.1) is 0 Å². The Morgan fingerprint density at radius 1 is 1.18 bits per heavy atom. The maximum absolute atomic E-state index is 12.0. The average Bonchev–Trinajstić information content (AvgIpc) is 3.32. The highest BCUT2D eigenvalue weighted by Crippen LogP contribution is 2.21.